The van der Waals surface area contributed by atoms with Gasteiger partial charge in [-0.3, -0.25) is 0 Å². The Kier molecular flexibility index (Phi) is 5.02. The summed E-state index contributed by atoms with van der Waals surface area (Å²) in [4.78, 5) is 0. The lowest BCUT2D eigenvalue weighted by Gasteiger charge is -2.09. The first-order valence-corrected chi connectivity index (χ1v) is 6.53. The molecule has 0 saturated heterocycles. The zero-order valence-electron chi connectivity index (χ0n) is 11.6. The van der Waals surface area contributed by atoms with Crippen LogP contribution in [-0.4, -0.2) is 24.8 Å². The molecule has 0 bridgehead atoms. The molecule has 0 saturated carbocycles. The van der Waals surface area contributed by atoms with Gasteiger partial charge < -0.3 is 14.6 Å². The number of rotatable bonds is 6. The zero-order chi connectivity index (χ0) is 13.5. The zero-order valence-corrected chi connectivity index (χ0v) is 11.6. The average molecular weight is 256 g/mol. The van der Waals surface area contributed by atoms with Crippen molar-refractivity contribution in [3.8, 4) is 11.8 Å². The molecule has 3 nitrogen and oxygen atoms in total. The number of hydrogen-bond donors (Lipinski definition) is 1. The smallest absolute Gasteiger partial charge is 0.0837 e. The number of hydrogen-bond acceptors (Lipinski definition) is 2. The Morgan fingerprint density at radius 1 is 1.32 bits per heavy atom. The van der Waals surface area contributed by atoms with E-state index in [2.05, 4.69) is 52.2 Å². The summed E-state index contributed by atoms with van der Waals surface area (Å²) < 4.78 is 7.25. The summed E-state index contributed by atoms with van der Waals surface area (Å²) in [5, 5.41) is 4.66. The lowest BCUT2D eigenvalue weighted by Crippen LogP contribution is -2.19. The molecule has 2 rings (SSSR count). The van der Waals surface area contributed by atoms with Crippen molar-refractivity contribution < 1.29 is 4.74 Å². The van der Waals surface area contributed by atoms with Gasteiger partial charge in [-0.25, -0.2) is 0 Å². The molecule has 0 aliphatic rings. The lowest BCUT2D eigenvalue weighted by molar-refractivity contribution is 0.199. The number of para-hydroxylation sites is 1. The van der Waals surface area contributed by atoms with Crippen LogP contribution in [0.5, 0.6) is 0 Å². The van der Waals surface area contributed by atoms with Crippen LogP contribution in [0.4, 0.5) is 0 Å². The molecule has 0 aliphatic carbocycles. The van der Waals surface area contributed by atoms with Gasteiger partial charge in [0.25, 0.3) is 0 Å². The van der Waals surface area contributed by atoms with Crippen LogP contribution in [0.25, 0.3) is 10.9 Å². The molecule has 1 aromatic carbocycles. The summed E-state index contributed by atoms with van der Waals surface area (Å²) in [6.07, 6.45) is 2.10. The number of aromatic nitrogens is 1. The number of fused-ring (bicyclic) bond motifs is 1. The maximum atomic E-state index is 5.04. The predicted molar refractivity (Wildman–Crippen MR) is 79.0 cm³/mol. The van der Waals surface area contributed by atoms with E-state index >= 15 is 0 Å². The molecule has 0 atom stereocenters. The van der Waals surface area contributed by atoms with E-state index < -0.39 is 0 Å². The van der Waals surface area contributed by atoms with Gasteiger partial charge in [-0.05, 0) is 23.9 Å². The van der Waals surface area contributed by atoms with Gasteiger partial charge in [0.05, 0.1) is 18.7 Å². The standard InChI is InChI=1S/C16H20N2O/c1-3-4-10-18-11-8-14-6-5-7-15(16(14)18)13-17-9-12-19-2/h5-8,11,17H,9-10,12-13H2,1-2H3. The minimum Gasteiger partial charge on any atom is -0.383 e. The Balaban J connectivity index is 2.20. The first-order valence-electron chi connectivity index (χ1n) is 6.53. The van der Waals surface area contributed by atoms with E-state index in [0.29, 0.717) is 0 Å². The topological polar surface area (TPSA) is 26.2 Å². The number of ether oxygens (including phenoxy) is 1. The third kappa shape index (κ3) is 3.37. The molecule has 0 amide bonds. The predicted octanol–water partition coefficient (Wildman–Crippen LogP) is 2.40. The van der Waals surface area contributed by atoms with Gasteiger partial charge >= 0.3 is 0 Å². The number of benzene rings is 1. The van der Waals surface area contributed by atoms with E-state index in [1.807, 2.05) is 6.92 Å². The number of nitrogens with zero attached hydrogens (tertiary/aromatic N) is 1. The van der Waals surface area contributed by atoms with Crippen molar-refractivity contribution in [2.24, 2.45) is 0 Å². The molecule has 1 N–H and O–H groups in total. The third-order valence-electron chi connectivity index (χ3n) is 3.10. The molecule has 1 heterocycles. The van der Waals surface area contributed by atoms with Crippen LogP contribution in [-0.2, 0) is 17.8 Å². The highest BCUT2D eigenvalue weighted by molar-refractivity contribution is 5.83. The minimum atomic E-state index is 0.734. The molecule has 3 heteroatoms. The Morgan fingerprint density at radius 3 is 3.00 bits per heavy atom. The first-order chi connectivity index (χ1) is 9.36. The maximum absolute atomic E-state index is 5.04. The summed E-state index contributed by atoms with van der Waals surface area (Å²) in [6, 6.07) is 8.55. The van der Waals surface area contributed by atoms with E-state index in [1.54, 1.807) is 7.11 Å². The SMILES string of the molecule is CC#CCn1ccc2cccc(CNCCOC)c21. The van der Waals surface area contributed by atoms with Gasteiger partial charge in [0.2, 0.25) is 0 Å². The lowest BCUT2D eigenvalue weighted by atomic mass is 10.1. The summed E-state index contributed by atoms with van der Waals surface area (Å²) in [7, 11) is 1.72. The molecular weight excluding hydrogens is 236 g/mol. The molecule has 19 heavy (non-hydrogen) atoms. The maximum Gasteiger partial charge on any atom is 0.0837 e. The van der Waals surface area contributed by atoms with Crippen molar-refractivity contribution in [3.05, 3.63) is 36.0 Å². The van der Waals surface area contributed by atoms with Crippen molar-refractivity contribution in [1.82, 2.24) is 9.88 Å². The second-order valence-electron chi connectivity index (χ2n) is 4.39. The molecule has 2 aromatic rings. The average Bonchev–Trinajstić information content (AvgIpc) is 2.85. The van der Waals surface area contributed by atoms with Crippen molar-refractivity contribution >= 4 is 10.9 Å². The molecule has 0 unspecified atom stereocenters. The second-order valence-corrected chi connectivity index (χ2v) is 4.39. The van der Waals surface area contributed by atoms with Crippen LogP contribution in [0.1, 0.15) is 12.5 Å². The van der Waals surface area contributed by atoms with Crippen molar-refractivity contribution in [3.63, 3.8) is 0 Å². The molecule has 1 aromatic heterocycles. The van der Waals surface area contributed by atoms with Crippen molar-refractivity contribution in [2.75, 3.05) is 20.3 Å². The van der Waals surface area contributed by atoms with Gasteiger partial charge in [0.1, 0.15) is 0 Å². The van der Waals surface area contributed by atoms with E-state index in [0.717, 1.165) is 26.2 Å². The van der Waals surface area contributed by atoms with Gasteiger partial charge in [-0.15, -0.1) is 5.92 Å². The van der Waals surface area contributed by atoms with Gasteiger partial charge in [0.15, 0.2) is 0 Å². The van der Waals surface area contributed by atoms with Gasteiger partial charge in [0, 0.05) is 26.4 Å². The van der Waals surface area contributed by atoms with Crippen LogP contribution in [0.2, 0.25) is 0 Å². The van der Waals surface area contributed by atoms with Crippen LogP contribution in [0.3, 0.4) is 0 Å². The fourth-order valence-corrected chi connectivity index (χ4v) is 2.18. The highest BCUT2D eigenvalue weighted by Gasteiger charge is 2.05. The van der Waals surface area contributed by atoms with Gasteiger partial charge in [-0.2, -0.15) is 0 Å². The molecule has 0 fully saturated rings. The normalized spacial score (nSPS) is 10.4. The minimum absolute atomic E-state index is 0.734. The Labute approximate surface area is 114 Å². The van der Waals surface area contributed by atoms with Gasteiger partial charge in [-0.1, -0.05) is 24.1 Å². The fourth-order valence-electron chi connectivity index (χ4n) is 2.18. The van der Waals surface area contributed by atoms with Crippen LogP contribution >= 0.6 is 0 Å². The fraction of sp³-hybridized carbons (Fsp3) is 0.375. The van der Waals surface area contributed by atoms with E-state index in [9.17, 15) is 0 Å². The summed E-state index contributed by atoms with van der Waals surface area (Å²) >= 11 is 0. The van der Waals surface area contributed by atoms with Crippen LogP contribution in [0.15, 0.2) is 30.5 Å². The summed E-state index contributed by atoms with van der Waals surface area (Å²) in [5.41, 5.74) is 2.58. The van der Waals surface area contributed by atoms with Crippen molar-refractivity contribution in [2.45, 2.75) is 20.0 Å². The monoisotopic (exact) mass is 256 g/mol. The molecule has 100 valence electrons. The largest absolute Gasteiger partial charge is 0.383 e. The quantitative estimate of drug-likeness (QED) is 0.634. The number of nitrogens with one attached hydrogen (secondary N) is 1. The third-order valence-corrected chi connectivity index (χ3v) is 3.10. The molecule has 0 radical (unpaired) electrons. The molecule has 0 aliphatic heterocycles. The second kappa shape index (κ2) is 6.98. The highest BCUT2D eigenvalue weighted by atomic mass is 16.5. The Bertz CT molecular complexity index is 590. The van der Waals surface area contributed by atoms with Crippen LogP contribution in [0, 0.1) is 11.8 Å². The number of methoxy groups -OCH3 is 1. The van der Waals surface area contributed by atoms with E-state index in [1.165, 1.54) is 16.5 Å². The molecule has 0 spiro atoms. The molecular formula is C16H20N2O. The summed E-state index contributed by atoms with van der Waals surface area (Å²) in [6.45, 7) is 5.07. The van der Waals surface area contributed by atoms with Crippen LogP contribution < -0.4 is 5.32 Å². The Hall–Kier alpha value is -1.76. The van der Waals surface area contributed by atoms with E-state index in [4.69, 9.17) is 4.74 Å². The first kappa shape index (κ1) is 13.7. The highest BCUT2D eigenvalue weighted by Crippen LogP contribution is 2.20. The van der Waals surface area contributed by atoms with Crippen molar-refractivity contribution in [1.29, 1.82) is 0 Å². The Morgan fingerprint density at radius 2 is 2.21 bits per heavy atom. The van der Waals surface area contributed by atoms with E-state index in [-0.39, 0.29) is 0 Å². The summed E-state index contributed by atoms with van der Waals surface area (Å²) in [5.74, 6) is 6.07.